The van der Waals surface area contributed by atoms with Crippen molar-refractivity contribution in [3.8, 4) is 5.75 Å². The van der Waals surface area contributed by atoms with E-state index in [1.54, 1.807) is 18.2 Å². The van der Waals surface area contributed by atoms with Gasteiger partial charge in [-0.3, -0.25) is 4.79 Å². The Morgan fingerprint density at radius 2 is 2.04 bits per heavy atom. The molecular formula is C36H41ClN2O5S2. The highest BCUT2D eigenvalue weighted by atomic mass is 35.5. The van der Waals surface area contributed by atoms with Gasteiger partial charge in [0.1, 0.15) is 5.75 Å². The lowest BCUT2D eigenvalue weighted by molar-refractivity contribution is 0.0456. The van der Waals surface area contributed by atoms with Crippen molar-refractivity contribution in [1.29, 1.82) is 0 Å². The number of allylic oxidation sites excluding steroid dienone is 1. The van der Waals surface area contributed by atoms with Crippen LogP contribution in [0.15, 0.2) is 65.4 Å². The minimum absolute atomic E-state index is 0.109. The summed E-state index contributed by atoms with van der Waals surface area (Å²) < 4.78 is 36.7. The molecule has 244 valence electrons. The van der Waals surface area contributed by atoms with E-state index in [1.807, 2.05) is 42.0 Å². The van der Waals surface area contributed by atoms with Gasteiger partial charge in [0.05, 0.1) is 23.6 Å². The standard InChI is InChI=1S/C36H41ClN2O5S2/c1-23-4-2-6-32(40)29-10-7-27(29)19-39-21-36(14-3-5-25-17-28(37)9-11-30(25)36)22-44-33-12-8-26(18-31(33)39)35(41)38-46(42,43)34(23)16-24-13-15-45-20-24/h2,6,8-9,11-13,15,17-18,20,23,27,29,32,34,40H,3-5,7,10,14,16,19,21-22H2,1H3,(H,38,41)/b6-2-/t23-,27+,29-,32+,34-,36+/m1/s1. The summed E-state index contributed by atoms with van der Waals surface area (Å²) in [5.74, 6) is 0.141. The van der Waals surface area contributed by atoms with Gasteiger partial charge in [-0.25, -0.2) is 13.1 Å². The number of ether oxygens (including phenoxy) is 1. The minimum atomic E-state index is -4.04. The van der Waals surface area contributed by atoms with Gasteiger partial charge in [0, 0.05) is 29.1 Å². The minimum Gasteiger partial charge on any atom is -0.490 e. The van der Waals surface area contributed by atoms with Crippen LogP contribution in [0.1, 0.15) is 66.1 Å². The van der Waals surface area contributed by atoms with Crippen LogP contribution in [-0.4, -0.2) is 50.5 Å². The monoisotopic (exact) mass is 680 g/mol. The summed E-state index contributed by atoms with van der Waals surface area (Å²) in [6.07, 6.45) is 8.85. The molecule has 3 aromatic rings. The Kier molecular flexibility index (Phi) is 8.72. The van der Waals surface area contributed by atoms with E-state index in [2.05, 4.69) is 21.8 Å². The third-order valence-electron chi connectivity index (χ3n) is 10.8. The zero-order valence-corrected chi connectivity index (χ0v) is 28.4. The van der Waals surface area contributed by atoms with Crippen molar-refractivity contribution in [3.63, 3.8) is 0 Å². The number of nitrogens with one attached hydrogen (secondary N) is 1. The molecule has 2 aliphatic heterocycles. The highest BCUT2D eigenvalue weighted by Gasteiger charge is 2.44. The second kappa shape index (κ2) is 12.6. The first kappa shape index (κ1) is 31.7. The van der Waals surface area contributed by atoms with Crippen molar-refractivity contribution in [2.45, 2.75) is 68.6 Å². The molecular weight excluding hydrogens is 640 g/mol. The highest BCUT2D eigenvalue weighted by Crippen LogP contribution is 2.47. The van der Waals surface area contributed by atoms with Gasteiger partial charge in [0.2, 0.25) is 10.0 Å². The quantitative estimate of drug-likeness (QED) is 0.299. The Morgan fingerprint density at radius 3 is 2.83 bits per heavy atom. The fraction of sp³-hybridized carbons (Fsp3) is 0.472. The Balaban J connectivity index is 1.28. The molecule has 1 fully saturated rings. The number of hydrogen-bond donors (Lipinski definition) is 2. The Bertz CT molecular complexity index is 1740. The van der Waals surface area contributed by atoms with Crippen LogP contribution in [0.5, 0.6) is 5.75 Å². The first-order valence-electron chi connectivity index (χ1n) is 16.3. The zero-order valence-electron chi connectivity index (χ0n) is 26.0. The van der Waals surface area contributed by atoms with Gasteiger partial charge in [0.25, 0.3) is 5.91 Å². The smallest absolute Gasteiger partial charge is 0.264 e. The number of rotatable bonds is 2. The highest BCUT2D eigenvalue weighted by molar-refractivity contribution is 7.90. The fourth-order valence-corrected chi connectivity index (χ4v) is 10.6. The average Bonchev–Trinajstić information content (AvgIpc) is 3.47. The van der Waals surface area contributed by atoms with Crippen LogP contribution >= 0.6 is 22.9 Å². The summed E-state index contributed by atoms with van der Waals surface area (Å²) in [5.41, 5.74) is 4.23. The van der Waals surface area contributed by atoms with Crippen molar-refractivity contribution in [2.75, 3.05) is 24.6 Å². The van der Waals surface area contributed by atoms with Crippen molar-refractivity contribution < 1.29 is 23.1 Å². The van der Waals surface area contributed by atoms with Crippen LogP contribution in [0.4, 0.5) is 5.69 Å². The fourth-order valence-electron chi connectivity index (χ4n) is 8.06. The van der Waals surface area contributed by atoms with Gasteiger partial charge in [-0.2, -0.15) is 11.3 Å². The van der Waals surface area contributed by atoms with Gasteiger partial charge in [-0.1, -0.05) is 36.7 Å². The lowest BCUT2D eigenvalue weighted by Crippen LogP contribution is -2.49. The van der Waals surface area contributed by atoms with E-state index < -0.39 is 27.3 Å². The molecule has 0 saturated heterocycles. The Morgan fingerprint density at radius 1 is 1.17 bits per heavy atom. The molecule has 10 heteroatoms. The van der Waals surface area contributed by atoms with Gasteiger partial charge in [-0.15, -0.1) is 0 Å². The number of benzene rings is 2. The van der Waals surface area contributed by atoms with Crippen molar-refractivity contribution in [1.82, 2.24) is 4.72 Å². The number of amides is 1. The van der Waals surface area contributed by atoms with Crippen molar-refractivity contribution in [2.24, 2.45) is 17.8 Å². The van der Waals surface area contributed by atoms with Crippen LogP contribution < -0.4 is 14.4 Å². The molecule has 0 unspecified atom stereocenters. The van der Waals surface area contributed by atoms with Gasteiger partial charge in [0.15, 0.2) is 0 Å². The summed E-state index contributed by atoms with van der Waals surface area (Å²) in [4.78, 5) is 16.0. The number of aliphatic hydroxyl groups is 1. The van der Waals surface area contributed by atoms with E-state index in [4.69, 9.17) is 16.3 Å². The summed E-state index contributed by atoms with van der Waals surface area (Å²) >= 11 is 7.93. The molecule has 7 rings (SSSR count). The molecule has 7 nitrogen and oxygen atoms in total. The van der Waals surface area contributed by atoms with E-state index in [9.17, 15) is 18.3 Å². The van der Waals surface area contributed by atoms with Crippen LogP contribution in [0, 0.1) is 17.8 Å². The lowest BCUT2D eigenvalue weighted by atomic mass is 9.68. The first-order chi connectivity index (χ1) is 22.1. The molecule has 6 atom stereocenters. The lowest BCUT2D eigenvalue weighted by Gasteiger charge is -2.45. The average molecular weight is 681 g/mol. The van der Waals surface area contributed by atoms with Crippen LogP contribution in [0.2, 0.25) is 5.02 Å². The molecule has 2 aromatic carbocycles. The van der Waals surface area contributed by atoms with Crippen molar-refractivity contribution >= 4 is 44.6 Å². The third kappa shape index (κ3) is 6.12. The van der Waals surface area contributed by atoms with Gasteiger partial charge < -0.3 is 14.7 Å². The number of hydrogen-bond acceptors (Lipinski definition) is 7. The molecule has 46 heavy (non-hydrogen) atoms. The van der Waals surface area contributed by atoms with Crippen LogP contribution in [0.3, 0.4) is 0 Å². The number of carbonyl (C=O) groups excluding carboxylic acids is 1. The number of thiophene rings is 1. The van der Waals surface area contributed by atoms with E-state index in [0.29, 0.717) is 38.3 Å². The topological polar surface area (TPSA) is 95.9 Å². The van der Waals surface area contributed by atoms with Crippen LogP contribution in [-0.2, 0) is 28.3 Å². The second-order valence-corrected chi connectivity index (χ2v) is 16.9. The van der Waals surface area contributed by atoms with Gasteiger partial charge in [-0.05, 0) is 127 Å². The molecule has 2 N–H and O–H groups in total. The number of fused-ring (bicyclic) bond motifs is 4. The predicted molar refractivity (Wildman–Crippen MR) is 184 cm³/mol. The molecule has 1 aromatic heterocycles. The molecule has 1 saturated carbocycles. The van der Waals surface area contributed by atoms with E-state index in [1.165, 1.54) is 22.5 Å². The van der Waals surface area contributed by atoms with E-state index >= 15 is 0 Å². The third-order valence-corrected chi connectivity index (χ3v) is 13.7. The summed E-state index contributed by atoms with van der Waals surface area (Å²) in [6, 6.07) is 13.4. The van der Waals surface area contributed by atoms with Crippen LogP contribution in [0.25, 0.3) is 0 Å². The van der Waals surface area contributed by atoms with Crippen molar-refractivity contribution in [3.05, 3.63) is 92.7 Å². The van der Waals surface area contributed by atoms with E-state index in [0.717, 1.165) is 48.4 Å². The zero-order chi connectivity index (χ0) is 32.1. The summed E-state index contributed by atoms with van der Waals surface area (Å²) in [6.45, 7) is 3.79. The molecule has 1 amide bonds. The first-order valence-corrected chi connectivity index (χ1v) is 19.2. The number of anilines is 1. The SMILES string of the molecule is C[C@@H]1C/C=C\[C@H](O)[C@@H]2CC[C@H]2CN2C[C@@]3(CCCc4cc(Cl)ccc43)COc3ccc(cc32)C(=O)NS(=O)(=O)[C@@H]1Cc1ccsc1. The largest absolute Gasteiger partial charge is 0.490 e. The molecule has 0 radical (unpaired) electrons. The summed E-state index contributed by atoms with van der Waals surface area (Å²) in [5, 5.41) is 15.1. The van der Waals surface area contributed by atoms with Gasteiger partial charge >= 0.3 is 0 Å². The predicted octanol–water partition coefficient (Wildman–Crippen LogP) is 6.53. The Hall–Kier alpha value is -2.85. The number of aliphatic hydroxyl groups excluding tert-OH is 1. The number of sulfonamides is 1. The number of aryl methyl sites for hydroxylation is 1. The maximum absolute atomic E-state index is 13.9. The maximum atomic E-state index is 13.9. The maximum Gasteiger partial charge on any atom is 0.264 e. The molecule has 1 spiro atoms. The molecule has 4 aliphatic rings. The second-order valence-electron chi connectivity index (χ2n) is 13.8. The molecule has 2 bridgehead atoms. The Labute approximate surface area is 280 Å². The molecule has 2 aliphatic carbocycles. The van der Waals surface area contributed by atoms with E-state index in [-0.39, 0.29) is 28.7 Å². The molecule has 3 heterocycles. The number of carbonyl (C=O) groups is 1. The summed E-state index contributed by atoms with van der Waals surface area (Å²) in [7, 11) is -4.04. The number of nitrogens with zero attached hydrogens (tertiary/aromatic N) is 1. The normalized spacial score (nSPS) is 31.4. The number of halogens is 1.